The van der Waals surface area contributed by atoms with Gasteiger partial charge in [-0.2, -0.15) is 0 Å². The number of ether oxygens (including phenoxy) is 2. The van der Waals surface area contributed by atoms with E-state index in [0.717, 1.165) is 16.9 Å². The summed E-state index contributed by atoms with van der Waals surface area (Å²) in [4.78, 5) is 33.7. The molecule has 0 radical (unpaired) electrons. The normalized spacial score (nSPS) is 11.6. The molecule has 126 valence electrons. The van der Waals surface area contributed by atoms with Crippen LogP contribution in [0.1, 0.15) is 29.2 Å². The molecule has 2 aromatic rings. The minimum Gasteiger partial charge on any atom is -0.497 e. The molecule has 2 rings (SSSR count). The zero-order valence-electron chi connectivity index (χ0n) is 12.6. The van der Waals surface area contributed by atoms with Gasteiger partial charge in [-0.25, -0.2) is 9.48 Å². The number of rotatable bonds is 6. The Hall–Kier alpha value is -3.50. The maximum atomic E-state index is 12.6. The number of ketones is 1. The fourth-order valence-corrected chi connectivity index (χ4v) is 1.99. The third-order valence-electron chi connectivity index (χ3n) is 3.07. The van der Waals surface area contributed by atoms with E-state index in [4.69, 9.17) is 9.84 Å². The van der Waals surface area contributed by atoms with Gasteiger partial charge in [0.1, 0.15) is 17.0 Å². The number of hydrogen-bond acceptors (Lipinski definition) is 8. The van der Waals surface area contributed by atoms with Gasteiger partial charge in [-0.15, -0.1) is 5.10 Å². The lowest BCUT2D eigenvalue weighted by atomic mass is 10.1. The summed E-state index contributed by atoms with van der Waals surface area (Å²) in [6.45, 7) is 1.34. The lowest BCUT2D eigenvalue weighted by Gasteiger charge is -2.12. The maximum Gasteiger partial charge on any atom is 0.507 e. The van der Waals surface area contributed by atoms with E-state index in [2.05, 4.69) is 15.0 Å². The Balaban J connectivity index is 2.45. The molecule has 0 amide bonds. The fraction of sp³-hybridized carbons (Fsp3) is 0.231. The van der Waals surface area contributed by atoms with Crippen molar-refractivity contribution in [2.45, 2.75) is 13.2 Å². The quantitative estimate of drug-likeness (QED) is 0.359. The summed E-state index contributed by atoms with van der Waals surface area (Å²) >= 11 is 0. The lowest BCUT2D eigenvalue weighted by Crippen LogP contribution is -2.20. The van der Waals surface area contributed by atoms with Crippen molar-refractivity contribution in [2.24, 2.45) is 0 Å². The Morgan fingerprint density at radius 2 is 2.12 bits per heavy atom. The van der Waals surface area contributed by atoms with Crippen LogP contribution >= 0.6 is 0 Å². The summed E-state index contributed by atoms with van der Waals surface area (Å²) in [5.74, 6) is -0.539. The summed E-state index contributed by atoms with van der Waals surface area (Å²) < 4.78 is 10.3. The van der Waals surface area contributed by atoms with Crippen molar-refractivity contribution in [2.75, 3.05) is 7.11 Å². The van der Waals surface area contributed by atoms with Crippen LogP contribution in [-0.4, -0.2) is 44.1 Å². The van der Waals surface area contributed by atoms with Crippen LogP contribution in [0.15, 0.2) is 24.4 Å². The second-order valence-corrected chi connectivity index (χ2v) is 4.52. The summed E-state index contributed by atoms with van der Waals surface area (Å²) in [7, 11) is 1.34. The first-order valence-corrected chi connectivity index (χ1v) is 6.52. The van der Waals surface area contributed by atoms with Gasteiger partial charge < -0.3 is 14.6 Å². The molecule has 1 unspecified atom stereocenters. The molecule has 0 saturated heterocycles. The van der Waals surface area contributed by atoms with Gasteiger partial charge in [0.25, 0.3) is 5.69 Å². The van der Waals surface area contributed by atoms with Crippen LogP contribution < -0.4 is 4.74 Å². The predicted molar refractivity (Wildman–Crippen MR) is 76.9 cm³/mol. The molecule has 0 spiro atoms. The molecule has 1 heterocycles. The minimum absolute atomic E-state index is 0.156. The average Bonchev–Trinajstić information content (AvgIpc) is 3.02. The van der Waals surface area contributed by atoms with Crippen LogP contribution in [0.2, 0.25) is 0 Å². The van der Waals surface area contributed by atoms with Crippen LogP contribution in [0.5, 0.6) is 5.75 Å². The van der Waals surface area contributed by atoms with Crippen LogP contribution in [0.25, 0.3) is 0 Å². The number of carboxylic acid groups (broad SMARTS) is 1. The number of hydrogen-bond donors (Lipinski definition) is 1. The first kappa shape index (κ1) is 16.9. The second-order valence-electron chi connectivity index (χ2n) is 4.52. The van der Waals surface area contributed by atoms with Gasteiger partial charge in [0.05, 0.1) is 24.3 Å². The second kappa shape index (κ2) is 6.73. The predicted octanol–water partition coefficient (Wildman–Crippen LogP) is 1.64. The zero-order chi connectivity index (χ0) is 17.9. The molecule has 11 nitrogen and oxygen atoms in total. The monoisotopic (exact) mass is 336 g/mol. The number of carbonyl (C=O) groups excluding carboxylic acids is 1. The Morgan fingerprint density at radius 1 is 1.42 bits per heavy atom. The van der Waals surface area contributed by atoms with Gasteiger partial charge in [-0.1, -0.05) is 5.21 Å². The molecule has 1 N–H and O–H groups in total. The van der Waals surface area contributed by atoms with Crippen molar-refractivity contribution in [3.05, 3.63) is 45.8 Å². The number of benzene rings is 1. The zero-order valence-corrected chi connectivity index (χ0v) is 12.6. The van der Waals surface area contributed by atoms with Crippen molar-refractivity contribution in [3.63, 3.8) is 0 Å². The summed E-state index contributed by atoms with van der Waals surface area (Å²) in [6.07, 6.45) is -1.63. The number of nitro benzene ring substituents is 1. The van der Waals surface area contributed by atoms with Gasteiger partial charge in [-0.05, 0) is 19.1 Å². The third kappa shape index (κ3) is 3.29. The first-order valence-electron chi connectivity index (χ1n) is 6.52. The SMILES string of the molecule is COc1ccc(C(=O)c2cnnn2C(C)OC(=O)O)c([N+](=O)[O-])c1. The van der Waals surface area contributed by atoms with Crippen molar-refractivity contribution >= 4 is 17.6 Å². The van der Waals surface area contributed by atoms with Gasteiger partial charge in [0.2, 0.25) is 5.78 Å². The number of nitro groups is 1. The van der Waals surface area contributed by atoms with E-state index in [1.54, 1.807) is 0 Å². The van der Waals surface area contributed by atoms with E-state index in [-0.39, 0.29) is 17.0 Å². The van der Waals surface area contributed by atoms with Gasteiger partial charge in [0.15, 0.2) is 6.23 Å². The van der Waals surface area contributed by atoms with Crippen molar-refractivity contribution < 1.29 is 29.1 Å². The summed E-state index contributed by atoms with van der Waals surface area (Å²) in [5.41, 5.74) is -0.831. The number of aromatic nitrogens is 3. The molecule has 0 aliphatic carbocycles. The summed E-state index contributed by atoms with van der Waals surface area (Å²) in [5, 5.41) is 26.9. The van der Waals surface area contributed by atoms with Crippen LogP contribution in [0.3, 0.4) is 0 Å². The molecule has 1 aromatic heterocycles. The van der Waals surface area contributed by atoms with E-state index >= 15 is 0 Å². The third-order valence-corrected chi connectivity index (χ3v) is 3.07. The number of carbonyl (C=O) groups is 2. The molecule has 0 fully saturated rings. The van der Waals surface area contributed by atoms with Crippen molar-refractivity contribution in [1.29, 1.82) is 0 Å². The van der Waals surface area contributed by atoms with Gasteiger partial charge >= 0.3 is 6.16 Å². The molecule has 0 aliphatic rings. The van der Waals surface area contributed by atoms with E-state index in [1.807, 2.05) is 0 Å². The number of methoxy groups -OCH3 is 1. The smallest absolute Gasteiger partial charge is 0.497 e. The van der Waals surface area contributed by atoms with Gasteiger partial charge in [0, 0.05) is 0 Å². The largest absolute Gasteiger partial charge is 0.507 e. The molecule has 0 bridgehead atoms. The average molecular weight is 336 g/mol. The highest BCUT2D eigenvalue weighted by Gasteiger charge is 2.27. The summed E-state index contributed by atoms with van der Waals surface area (Å²) in [6, 6.07) is 3.74. The highest BCUT2D eigenvalue weighted by atomic mass is 16.7. The van der Waals surface area contributed by atoms with E-state index in [0.29, 0.717) is 0 Å². The topological polar surface area (TPSA) is 147 Å². The minimum atomic E-state index is -1.56. The van der Waals surface area contributed by atoms with Crippen LogP contribution in [-0.2, 0) is 4.74 Å². The molecule has 11 heteroatoms. The van der Waals surface area contributed by atoms with E-state index in [9.17, 15) is 19.7 Å². The molecule has 24 heavy (non-hydrogen) atoms. The van der Waals surface area contributed by atoms with E-state index in [1.165, 1.54) is 26.2 Å². The van der Waals surface area contributed by atoms with Crippen molar-refractivity contribution in [1.82, 2.24) is 15.0 Å². The Bertz CT molecular complexity index is 801. The Kier molecular flexibility index (Phi) is 4.73. The van der Waals surface area contributed by atoms with Gasteiger partial charge in [-0.3, -0.25) is 14.9 Å². The maximum absolute atomic E-state index is 12.6. The molecule has 0 aliphatic heterocycles. The van der Waals surface area contributed by atoms with Crippen molar-refractivity contribution in [3.8, 4) is 5.75 Å². The molecule has 0 saturated carbocycles. The fourth-order valence-electron chi connectivity index (χ4n) is 1.99. The molecular weight excluding hydrogens is 324 g/mol. The first-order chi connectivity index (χ1) is 11.3. The lowest BCUT2D eigenvalue weighted by molar-refractivity contribution is -0.385. The van der Waals surface area contributed by atoms with Crippen LogP contribution in [0, 0.1) is 10.1 Å². The number of nitrogens with zero attached hydrogens (tertiary/aromatic N) is 4. The Morgan fingerprint density at radius 3 is 2.71 bits per heavy atom. The molecule has 1 aromatic carbocycles. The molecular formula is C13H12N4O7. The van der Waals surface area contributed by atoms with E-state index < -0.39 is 28.8 Å². The highest BCUT2D eigenvalue weighted by Crippen LogP contribution is 2.27. The van der Waals surface area contributed by atoms with Crippen LogP contribution in [0.4, 0.5) is 10.5 Å². The Labute approximate surface area is 134 Å². The molecule has 1 atom stereocenters. The standard InChI is InChI=1S/C13H12N4O7/c1-7(24-13(19)20)16-11(6-14-15-16)12(18)9-4-3-8(23-2)5-10(9)17(21)22/h3-7H,1-2H3,(H,19,20). The highest BCUT2D eigenvalue weighted by molar-refractivity contribution is 6.10.